The fraction of sp³-hybridized carbons (Fsp3) is 0.125. The van der Waals surface area contributed by atoms with Crippen molar-refractivity contribution in [3.05, 3.63) is 27.2 Å². The number of ether oxygens (including phenoxy) is 1. The smallest absolute Gasteiger partial charge is 0.411 e. The lowest BCUT2D eigenvalue weighted by Gasteiger charge is -2.08. The van der Waals surface area contributed by atoms with Crippen molar-refractivity contribution in [2.75, 3.05) is 12.4 Å². The van der Waals surface area contributed by atoms with Crippen molar-refractivity contribution in [3.63, 3.8) is 0 Å². The molecule has 0 saturated heterocycles. The van der Waals surface area contributed by atoms with Crippen LogP contribution in [0.4, 0.5) is 10.5 Å². The summed E-state index contributed by atoms with van der Waals surface area (Å²) in [5, 5.41) is 3.28. The maximum atomic E-state index is 10.9. The van der Waals surface area contributed by atoms with E-state index in [9.17, 15) is 4.79 Å². The van der Waals surface area contributed by atoms with Gasteiger partial charge >= 0.3 is 6.09 Å². The van der Waals surface area contributed by atoms with E-state index in [4.69, 9.17) is 34.8 Å². The van der Waals surface area contributed by atoms with Gasteiger partial charge in [0, 0.05) is 5.02 Å². The van der Waals surface area contributed by atoms with Crippen LogP contribution in [0, 0.1) is 0 Å². The van der Waals surface area contributed by atoms with Crippen molar-refractivity contribution in [2.45, 2.75) is 0 Å². The second-order valence-corrected chi connectivity index (χ2v) is 3.61. The first-order valence-electron chi connectivity index (χ1n) is 3.54. The summed E-state index contributed by atoms with van der Waals surface area (Å²) in [5.41, 5.74) is 0.282. The van der Waals surface area contributed by atoms with Gasteiger partial charge in [0.05, 0.1) is 22.8 Å². The lowest BCUT2D eigenvalue weighted by atomic mass is 10.3. The Morgan fingerprint density at radius 3 is 2.21 bits per heavy atom. The molecule has 0 spiro atoms. The Kier molecular flexibility index (Phi) is 3.86. The second kappa shape index (κ2) is 4.73. The van der Waals surface area contributed by atoms with Gasteiger partial charge in [-0.2, -0.15) is 0 Å². The minimum absolute atomic E-state index is 0.257. The topological polar surface area (TPSA) is 38.3 Å². The molecule has 6 heteroatoms. The molecule has 0 fully saturated rings. The monoisotopic (exact) mass is 253 g/mol. The highest BCUT2D eigenvalue weighted by molar-refractivity contribution is 6.42. The lowest BCUT2D eigenvalue weighted by molar-refractivity contribution is 0.187. The van der Waals surface area contributed by atoms with Crippen LogP contribution in [0.2, 0.25) is 15.1 Å². The van der Waals surface area contributed by atoms with Crippen molar-refractivity contribution in [3.8, 4) is 0 Å². The molecular formula is C8H6Cl3NO2. The van der Waals surface area contributed by atoms with Gasteiger partial charge < -0.3 is 4.74 Å². The van der Waals surface area contributed by atoms with E-state index in [2.05, 4.69) is 10.1 Å². The Bertz CT molecular complexity index is 345. The molecule has 0 atom stereocenters. The lowest BCUT2D eigenvalue weighted by Crippen LogP contribution is -2.11. The average Bonchev–Trinajstić information content (AvgIpc) is 2.10. The molecule has 76 valence electrons. The number of carbonyl (C=O) groups is 1. The van der Waals surface area contributed by atoms with Crippen molar-refractivity contribution < 1.29 is 9.53 Å². The minimum atomic E-state index is -0.642. The number of rotatable bonds is 1. The van der Waals surface area contributed by atoms with E-state index in [-0.39, 0.29) is 15.7 Å². The van der Waals surface area contributed by atoms with Crippen molar-refractivity contribution >= 4 is 46.6 Å². The molecule has 0 radical (unpaired) electrons. The zero-order chi connectivity index (χ0) is 10.7. The third kappa shape index (κ3) is 2.67. The van der Waals surface area contributed by atoms with Crippen LogP contribution in [-0.4, -0.2) is 13.2 Å². The van der Waals surface area contributed by atoms with E-state index >= 15 is 0 Å². The summed E-state index contributed by atoms with van der Waals surface area (Å²) in [6.07, 6.45) is -0.642. The molecule has 0 aliphatic heterocycles. The Hall–Kier alpha value is -0.640. The van der Waals surface area contributed by atoms with E-state index in [0.717, 1.165) is 0 Å². The third-order valence-corrected chi connectivity index (χ3v) is 2.23. The highest BCUT2D eigenvalue weighted by Gasteiger charge is 2.10. The Morgan fingerprint density at radius 1 is 1.29 bits per heavy atom. The number of benzene rings is 1. The largest absolute Gasteiger partial charge is 0.453 e. The van der Waals surface area contributed by atoms with Gasteiger partial charge in [-0.15, -0.1) is 0 Å². The summed E-state index contributed by atoms with van der Waals surface area (Å²) >= 11 is 17.3. The number of nitrogens with one attached hydrogen (secondary N) is 1. The highest BCUT2D eigenvalue weighted by atomic mass is 35.5. The molecule has 0 saturated carbocycles. The van der Waals surface area contributed by atoms with Gasteiger partial charge in [0.15, 0.2) is 0 Å². The molecule has 0 unspecified atom stereocenters. The highest BCUT2D eigenvalue weighted by Crippen LogP contribution is 2.33. The average molecular weight is 254 g/mol. The van der Waals surface area contributed by atoms with E-state index in [0.29, 0.717) is 5.02 Å². The molecule has 0 aliphatic carbocycles. The molecule has 0 aliphatic rings. The third-order valence-electron chi connectivity index (χ3n) is 1.42. The molecule has 1 rings (SSSR count). The number of hydrogen-bond donors (Lipinski definition) is 1. The zero-order valence-electron chi connectivity index (χ0n) is 7.11. The number of anilines is 1. The quantitative estimate of drug-likeness (QED) is 0.827. The minimum Gasteiger partial charge on any atom is -0.453 e. The second-order valence-electron chi connectivity index (χ2n) is 2.36. The van der Waals surface area contributed by atoms with E-state index < -0.39 is 6.09 Å². The summed E-state index contributed by atoms with van der Waals surface area (Å²) in [5.74, 6) is 0. The molecule has 1 amide bonds. The predicted octanol–water partition coefficient (Wildman–Crippen LogP) is 3.83. The first kappa shape index (κ1) is 11.4. The van der Waals surface area contributed by atoms with Gasteiger partial charge in [0.25, 0.3) is 0 Å². The van der Waals surface area contributed by atoms with Gasteiger partial charge in [0.2, 0.25) is 0 Å². The predicted molar refractivity (Wildman–Crippen MR) is 57.5 cm³/mol. The SMILES string of the molecule is COC(=O)Nc1c(Cl)cc(Cl)cc1Cl. The van der Waals surface area contributed by atoms with Gasteiger partial charge in [-0.25, -0.2) is 4.79 Å². The molecule has 0 bridgehead atoms. The van der Waals surface area contributed by atoms with Gasteiger partial charge in [-0.3, -0.25) is 5.32 Å². The Morgan fingerprint density at radius 2 is 1.79 bits per heavy atom. The summed E-state index contributed by atoms with van der Waals surface area (Å²) < 4.78 is 4.39. The van der Waals surface area contributed by atoms with Crippen LogP contribution in [0.15, 0.2) is 12.1 Å². The molecule has 1 aromatic rings. The van der Waals surface area contributed by atoms with Crippen LogP contribution in [-0.2, 0) is 4.74 Å². The van der Waals surface area contributed by atoms with E-state index in [1.165, 1.54) is 19.2 Å². The maximum absolute atomic E-state index is 10.9. The van der Waals surface area contributed by atoms with Gasteiger partial charge in [-0.05, 0) is 12.1 Å². The fourth-order valence-electron chi connectivity index (χ4n) is 0.815. The van der Waals surface area contributed by atoms with Crippen LogP contribution in [0.3, 0.4) is 0 Å². The number of carbonyl (C=O) groups excluding carboxylic acids is 1. The van der Waals surface area contributed by atoms with E-state index in [1.54, 1.807) is 0 Å². The van der Waals surface area contributed by atoms with Gasteiger partial charge in [0.1, 0.15) is 0 Å². The van der Waals surface area contributed by atoms with Crippen LogP contribution in [0.25, 0.3) is 0 Å². The van der Waals surface area contributed by atoms with Crippen LogP contribution in [0.5, 0.6) is 0 Å². The molecule has 1 aromatic carbocycles. The fourth-order valence-corrected chi connectivity index (χ4v) is 1.73. The van der Waals surface area contributed by atoms with Gasteiger partial charge in [-0.1, -0.05) is 34.8 Å². The first-order valence-corrected chi connectivity index (χ1v) is 4.67. The molecular weight excluding hydrogens is 248 g/mol. The summed E-state index contributed by atoms with van der Waals surface area (Å²) in [6.45, 7) is 0. The number of methoxy groups -OCH3 is 1. The maximum Gasteiger partial charge on any atom is 0.411 e. The number of amides is 1. The van der Waals surface area contributed by atoms with Crippen molar-refractivity contribution in [2.24, 2.45) is 0 Å². The van der Waals surface area contributed by atoms with Crippen LogP contribution < -0.4 is 5.32 Å². The first-order chi connectivity index (χ1) is 6.54. The normalized spacial score (nSPS) is 9.71. The number of halogens is 3. The van der Waals surface area contributed by atoms with Crippen molar-refractivity contribution in [1.82, 2.24) is 0 Å². The van der Waals surface area contributed by atoms with Crippen LogP contribution in [0.1, 0.15) is 0 Å². The summed E-state index contributed by atoms with van der Waals surface area (Å²) in [4.78, 5) is 10.9. The molecule has 1 N–H and O–H groups in total. The standard InChI is InChI=1S/C8H6Cl3NO2/c1-14-8(13)12-7-5(10)2-4(9)3-6(7)11/h2-3H,1H3,(H,12,13). The molecule has 14 heavy (non-hydrogen) atoms. The molecule has 3 nitrogen and oxygen atoms in total. The molecule has 0 heterocycles. The Balaban J connectivity index is 3.02. The van der Waals surface area contributed by atoms with Crippen LogP contribution >= 0.6 is 34.8 Å². The molecule has 0 aromatic heterocycles. The number of hydrogen-bond acceptors (Lipinski definition) is 2. The van der Waals surface area contributed by atoms with E-state index in [1.807, 2.05) is 0 Å². The zero-order valence-corrected chi connectivity index (χ0v) is 9.37. The summed E-state index contributed by atoms with van der Waals surface area (Å²) in [6, 6.07) is 2.94. The Labute approximate surface area is 95.9 Å². The summed E-state index contributed by atoms with van der Waals surface area (Å²) in [7, 11) is 1.24. The van der Waals surface area contributed by atoms with Crippen molar-refractivity contribution in [1.29, 1.82) is 0 Å².